The number of hydrogen-bond donors (Lipinski definition) is 2. The van der Waals surface area contributed by atoms with Crippen molar-refractivity contribution in [1.82, 2.24) is 4.98 Å². The molecular formula is C14H14ClN3O. The first kappa shape index (κ1) is 13.4. The molecule has 2 aromatic rings. The molecule has 1 heterocycles. The van der Waals surface area contributed by atoms with Crippen molar-refractivity contribution in [3.05, 3.63) is 52.2 Å². The Labute approximate surface area is 116 Å². The van der Waals surface area contributed by atoms with Crippen LogP contribution in [0.4, 0.5) is 11.5 Å². The highest BCUT2D eigenvalue weighted by Crippen LogP contribution is 2.20. The number of nitrogen functional groups attached to an aromatic ring is 1. The molecule has 1 amide bonds. The average Bonchev–Trinajstić information content (AvgIpc) is 2.33. The number of nitrogens with two attached hydrogens (primary N) is 1. The van der Waals surface area contributed by atoms with Gasteiger partial charge in [0.15, 0.2) is 0 Å². The number of nitrogens with zero attached hydrogens (tertiary/aromatic N) is 1. The van der Waals surface area contributed by atoms with E-state index in [0.717, 1.165) is 16.8 Å². The Kier molecular flexibility index (Phi) is 3.71. The van der Waals surface area contributed by atoms with E-state index in [0.29, 0.717) is 5.56 Å². The number of halogens is 1. The molecule has 0 saturated heterocycles. The summed E-state index contributed by atoms with van der Waals surface area (Å²) in [6.07, 6.45) is 0. The van der Waals surface area contributed by atoms with E-state index in [9.17, 15) is 4.79 Å². The molecule has 0 saturated carbocycles. The molecule has 4 nitrogen and oxygen atoms in total. The molecule has 98 valence electrons. The van der Waals surface area contributed by atoms with Crippen molar-refractivity contribution in [2.45, 2.75) is 13.8 Å². The molecule has 0 aliphatic carbocycles. The van der Waals surface area contributed by atoms with Gasteiger partial charge < -0.3 is 11.1 Å². The number of carbonyl (C=O) groups is 1. The lowest BCUT2D eigenvalue weighted by Gasteiger charge is -2.10. The SMILES string of the molecule is Cc1cccc(NC(=O)c2cc(N)nc(Cl)c2)c1C. The van der Waals surface area contributed by atoms with Crippen LogP contribution < -0.4 is 11.1 Å². The highest BCUT2D eigenvalue weighted by Gasteiger charge is 2.10. The molecule has 0 spiro atoms. The van der Waals surface area contributed by atoms with E-state index in [2.05, 4.69) is 10.3 Å². The van der Waals surface area contributed by atoms with Gasteiger partial charge in [0.2, 0.25) is 0 Å². The van der Waals surface area contributed by atoms with Gasteiger partial charge in [0.25, 0.3) is 5.91 Å². The average molecular weight is 276 g/mol. The van der Waals surface area contributed by atoms with Gasteiger partial charge in [0, 0.05) is 11.3 Å². The van der Waals surface area contributed by atoms with Crippen LogP contribution in [-0.4, -0.2) is 10.9 Å². The van der Waals surface area contributed by atoms with E-state index >= 15 is 0 Å². The lowest BCUT2D eigenvalue weighted by atomic mass is 10.1. The van der Waals surface area contributed by atoms with Crippen LogP contribution in [0.1, 0.15) is 21.5 Å². The van der Waals surface area contributed by atoms with E-state index in [4.69, 9.17) is 17.3 Å². The third-order valence-electron chi connectivity index (χ3n) is 2.93. The Balaban J connectivity index is 2.28. The smallest absolute Gasteiger partial charge is 0.255 e. The number of benzene rings is 1. The zero-order valence-corrected chi connectivity index (χ0v) is 11.5. The van der Waals surface area contributed by atoms with Crippen LogP contribution in [0.5, 0.6) is 0 Å². The molecule has 0 aliphatic heterocycles. The summed E-state index contributed by atoms with van der Waals surface area (Å²) >= 11 is 5.78. The summed E-state index contributed by atoms with van der Waals surface area (Å²) in [4.78, 5) is 15.9. The van der Waals surface area contributed by atoms with Crippen LogP contribution >= 0.6 is 11.6 Å². The number of aromatic nitrogens is 1. The molecule has 0 fully saturated rings. The van der Waals surface area contributed by atoms with E-state index in [-0.39, 0.29) is 16.9 Å². The lowest BCUT2D eigenvalue weighted by molar-refractivity contribution is 0.102. The quantitative estimate of drug-likeness (QED) is 0.827. The minimum absolute atomic E-state index is 0.200. The summed E-state index contributed by atoms with van der Waals surface area (Å²) in [6, 6.07) is 8.72. The summed E-state index contributed by atoms with van der Waals surface area (Å²) in [5.41, 5.74) is 8.88. The fraction of sp³-hybridized carbons (Fsp3) is 0.143. The van der Waals surface area contributed by atoms with Gasteiger partial charge in [-0.1, -0.05) is 23.7 Å². The van der Waals surface area contributed by atoms with Gasteiger partial charge in [-0.05, 0) is 43.2 Å². The standard InChI is InChI=1S/C14H14ClN3O/c1-8-4-3-5-11(9(8)2)17-14(19)10-6-12(15)18-13(16)7-10/h3-7H,1-2H3,(H2,16,18)(H,17,19). The highest BCUT2D eigenvalue weighted by molar-refractivity contribution is 6.30. The Hall–Kier alpha value is -2.07. The zero-order valence-electron chi connectivity index (χ0n) is 10.7. The fourth-order valence-electron chi connectivity index (χ4n) is 1.73. The van der Waals surface area contributed by atoms with Gasteiger partial charge in [0.05, 0.1) is 0 Å². The number of pyridine rings is 1. The fourth-order valence-corrected chi connectivity index (χ4v) is 1.94. The van der Waals surface area contributed by atoms with Gasteiger partial charge in [-0.15, -0.1) is 0 Å². The number of amides is 1. The topological polar surface area (TPSA) is 68.0 Å². The predicted octanol–water partition coefficient (Wildman–Crippen LogP) is 3.19. The molecule has 0 unspecified atom stereocenters. The maximum Gasteiger partial charge on any atom is 0.255 e. The Bertz CT molecular complexity index is 620. The minimum atomic E-state index is -0.260. The molecule has 5 heteroatoms. The number of nitrogens with one attached hydrogen (secondary N) is 1. The van der Waals surface area contributed by atoms with Crippen LogP contribution in [0.25, 0.3) is 0 Å². The summed E-state index contributed by atoms with van der Waals surface area (Å²) in [6.45, 7) is 3.95. The summed E-state index contributed by atoms with van der Waals surface area (Å²) in [7, 11) is 0. The molecule has 0 aliphatic rings. The van der Waals surface area contributed by atoms with Gasteiger partial charge in [-0.25, -0.2) is 4.98 Å². The van der Waals surface area contributed by atoms with Gasteiger partial charge in [-0.3, -0.25) is 4.79 Å². The Morgan fingerprint density at radius 1 is 1.32 bits per heavy atom. The molecule has 1 aromatic heterocycles. The van der Waals surface area contributed by atoms with Crippen LogP contribution in [0.15, 0.2) is 30.3 Å². The molecule has 1 aromatic carbocycles. The monoisotopic (exact) mass is 275 g/mol. The number of hydrogen-bond acceptors (Lipinski definition) is 3. The molecule has 19 heavy (non-hydrogen) atoms. The van der Waals surface area contributed by atoms with E-state index < -0.39 is 0 Å². The van der Waals surface area contributed by atoms with Gasteiger partial charge in [0.1, 0.15) is 11.0 Å². The van der Waals surface area contributed by atoms with Crippen LogP contribution in [-0.2, 0) is 0 Å². The van der Waals surface area contributed by atoms with Crippen molar-refractivity contribution in [2.75, 3.05) is 11.1 Å². The molecule has 0 bridgehead atoms. The molecular weight excluding hydrogens is 262 g/mol. The summed E-state index contributed by atoms with van der Waals surface area (Å²) in [5, 5.41) is 3.04. The normalized spacial score (nSPS) is 10.3. The largest absolute Gasteiger partial charge is 0.384 e. The maximum atomic E-state index is 12.1. The van der Waals surface area contributed by atoms with Crippen molar-refractivity contribution in [2.24, 2.45) is 0 Å². The van der Waals surface area contributed by atoms with Crippen molar-refractivity contribution in [3.63, 3.8) is 0 Å². The summed E-state index contributed by atoms with van der Waals surface area (Å²) < 4.78 is 0. The van der Waals surface area contributed by atoms with Gasteiger partial charge >= 0.3 is 0 Å². The molecule has 3 N–H and O–H groups in total. The van der Waals surface area contributed by atoms with E-state index in [1.54, 1.807) is 0 Å². The van der Waals surface area contributed by atoms with Crippen LogP contribution in [0.3, 0.4) is 0 Å². The molecule has 0 atom stereocenters. The van der Waals surface area contributed by atoms with Crippen molar-refractivity contribution in [1.29, 1.82) is 0 Å². The Morgan fingerprint density at radius 2 is 2.05 bits per heavy atom. The second-order valence-electron chi connectivity index (χ2n) is 4.31. The first-order valence-corrected chi connectivity index (χ1v) is 6.16. The zero-order chi connectivity index (χ0) is 14.0. The molecule has 2 rings (SSSR count). The number of carbonyl (C=O) groups excluding carboxylic acids is 1. The number of rotatable bonds is 2. The highest BCUT2D eigenvalue weighted by atomic mass is 35.5. The number of aryl methyl sites for hydroxylation is 1. The van der Waals surface area contributed by atoms with Crippen molar-refractivity contribution < 1.29 is 4.79 Å². The van der Waals surface area contributed by atoms with Gasteiger partial charge in [-0.2, -0.15) is 0 Å². The number of anilines is 2. The van der Waals surface area contributed by atoms with Crippen molar-refractivity contribution >= 4 is 29.0 Å². The summed E-state index contributed by atoms with van der Waals surface area (Å²) in [5.74, 6) is -0.0386. The maximum absolute atomic E-state index is 12.1. The second kappa shape index (κ2) is 5.28. The first-order chi connectivity index (χ1) is 8.97. The predicted molar refractivity (Wildman–Crippen MR) is 77.5 cm³/mol. The van der Waals surface area contributed by atoms with E-state index in [1.807, 2.05) is 32.0 Å². The van der Waals surface area contributed by atoms with Crippen LogP contribution in [0.2, 0.25) is 5.15 Å². The second-order valence-corrected chi connectivity index (χ2v) is 4.69. The third-order valence-corrected chi connectivity index (χ3v) is 3.12. The first-order valence-electron chi connectivity index (χ1n) is 5.78. The Morgan fingerprint density at radius 3 is 2.74 bits per heavy atom. The lowest BCUT2D eigenvalue weighted by Crippen LogP contribution is -2.13. The van der Waals surface area contributed by atoms with Crippen molar-refractivity contribution in [3.8, 4) is 0 Å². The third kappa shape index (κ3) is 3.03. The van der Waals surface area contributed by atoms with E-state index in [1.165, 1.54) is 12.1 Å². The van der Waals surface area contributed by atoms with Crippen LogP contribution in [0, 0.1) is 13.8 Å². The minimum Gasteiger partial charge on any atom is -0.384 e. The molecule has 0 radical (unpaired) electrons.